The van der Waals surface area contributed by atoms with Gasteiger partial charge in [0.1, 0.15) is 11.5 Å². The molecule has 0 saturated heterocycles. The summed E-state index contributed by atoms with van der Waals surface area (Å²) in [6.07, 6.45) is 0. The molecular weight excluding hydrogens is 361 g/mol. The van der Waals surface area contributed by atoms with Crippen LogP contribution in [0.15, 0.2) is 32.3 Å². The summed E-state index contributed by atoms with van der Waals surface area (Å²) in [5.74, 6) is -2.01. The second-order valence-corrected chi connectivity index (χ2v) is 5.15. The predicted molar refractivity (Wildman–Crippen MR) is 77.1 cm³/mol. The Kier molecular flexibility index (Phi) is 4.83. The van der Waals surface area contributed by atoms with Crippen molar-refractivity contribution in [3.05, 3.63) is 39.9 Å². The average Bonchev–Trinajstić information content (AvgIpc) is 2.96. The molecule has 0 aliphatic heterocycles. The number of nitrogens with two attached hydrogens (primary N) is 1. The Balaban J connectivity index is 2.44. The van der Waals surface area contributed by atoms with Gasteiger partial charge >= 0.3 is 0 Å². The molecular formula is C12H11BrFN5O3. The molecule has 2 rings (SSSR count). The van der Waals surface area contributed by atoms with Gasteiger partial charge in [-0.25, -0.2) is 14.0 Å². The first-order chi connectivity index (χ1) is 10.4. The summed E-state index contributed by atoms with van der Waals surface area (Å²) in [6.45, 7) is 1.51. The van der Waals surface area contributed by atoms with Crippen LogP contribution in [0.25, 0.3) is 0 Å². The summed E-state index contributed by atoms with van der Waals surface area (Å²) in [5.41, 5.74) is 7.52. The summed E-state index contributed by atoms with van der Waals surface area (Å²) < 4.78 is 18.0. The molecule has 10 heteroatoms. The monoisotopic (exact) mass is 371 g/mol. The van der Waals surface area contributed by atoms with E-state index in [2.05, 4.69) is 35.9 Å². The van der Waals surface area contributed by atoms with E-state index < -0.39 is 17.6 Å². The van der Waals surface area contributed by atoms with E-state index in [4.69, 9.17) is 5.73 Å². The van der Waals surface area contributed by atoms with Crippen LogP contribution in [0.1, 0.15) is 24.2 Å². The molecule has 22 heavy (non-hydrogen) atoms. The van der Waals surface area contributed by atoms with E-state index in [9.17, 15) is 14.4 Å². The topological polar surface area (TPSA) is 127 Å². The van der Waals surface area contributed by atoms with E-state index in [0.717, 1.165) is 0 Å². The molecule has 0 radical (unpaired) electrons. The van der Waals surface area contributed by atoms with Crippen molar-refractivity contribution < 1.29 is 19.0 Å². The molecule has 0 aliphatic rings. The summed E-state index contributed by atoms with van der Waals surface area (Å²) in [5, 5.41) is 16.4. The molecule has 1 atom stereocenters. The number of primary amides is 1. The van der Waals surface area contributed by atoms with Gasteiger partial charge in [0, 0.05) is 0 Å². The average molecular weight is 372 g/mol. The summed E-state index contributed by atoms with van der Waals surface area (Å²) in [6, 6.07) is 3.99. The van der Waals surface area contributed by atoms with E-state index in [1.165, 1.54) is 25.1 Å². The van der Waals surface area contributed by atoms with Crippen molar-refractivity contribution in [3.63, 3.8) is 0 Å². The van der Waals surface area contributed by atoms with E-state index in [1.807, 2.05) is 5.48 Å². The van der Waals surface area contributed by atoms with Crippen molar-refractivity contribution in [2.24, 2.45) is 10.7 Å². The lowest BCUT2D eigenvalue weighted by Gasteiger charge is -2.06. The van der Waals surface area contributed by atoms with Crippen LogP contribution in [0.2, 0.25) is 0 Å². The van der Waals surface area contributed by atoms with Gasteiger partial charge in [-0.1, -0.05) is 5.16 Å². The first kappa shape index (κ1) is 16.0. The largest absolute Gasteiger partial charge is 0.369 e. The molecule has 0 saturated carbocycles. The van der Waals surface area contributed by atoms with Gasteiger partial charge < -0.3 is 5.73 Å². The fourth-order valence-corrected chi connectivity index (χ4v) is 1.96. The predicted octanol–water partition coefficient (Wildman–Crippen LogP) is 1.62. The number of hydrogen-bond donors (Lipinski definition) is 3. The number of nitrogens with zero attached hydrogens (tertiary/aromatic N) is 3. The Bertz CT molecular complexity index is 733. The Morgan fingerprint density at radius 1 is 1.55 bits per heavy atom. The summed E-state index contributed by atoms with van der Waals surface area (Å²) >= 11 is 3.03. The lowest BCUT2D eigenvalue weighted by molar-refractivity contribution is -0.119. The number of benzene rings is 1. The van der Waals surface area contributed by atoms with Crippen LogP contribution in [0.4, 0.5) is 10.1 Å². The number of halogens is 2. The third kappa shape index (κ3) is 3.28. The molecule has 116 valence electrons. The highest BCUT2D eigenvalue weighted by molar-refractivity contribution is 9.10. The number of amides is 1. The van der Waals surface area contributed by atoms with Crippen molar-refractivity contribution in [1.82, 2.24) is 15.8 Å². The normalized spacial score (nSPS) is 13.0. The minimum Gasteiger partial charge on any atom is -0.369 e. The number of aliphatic imine (C=N–C) groups is 1. The van der Waals surface area contributed by atoms with Crippen molar-refractivity contribution in [3.8, 4) is 0 Å². The van der Waals surface area contributed by atoms with Crippen molar-refractivity contribution >= 4 is 33.4 Å². The molecule has 0 aliphatic carbocycles. The number of carbonyl (C=O) groups is 1. The summed E-state index contributed by atoms with van der Waals surface area (Å²) in [7, 11) is 0. The number of nitrogens with one attached hydrogen (secondary N) is 1. The Morgan fingerprint density at radius 3 is 2.86 bits per heavy atom. The van der Waals surface area contributed by atoms with Crippen molar-refractivity contribution in [1.29, 1.82) is 0 Å². The highest BCUT2D eigenvalue weighted by atomic mass is 79.9. The third-order valence-electron chi connectivity index (χ3n) is 2.83. The van der Waals surface area contributed by atoms with Crippen LogP contribution < -0.4 is 11.2 Å². The van der Waals surface area contributed by atoms with Gasteiger partial charge in [0.15, 0.2) is 11.5 Å². The second-order valence-electron chi connectivity index (χ2n) is 4.29. The Labute approximate surface area is 132 Å². The summed E-state index contributed by atoms with van der Waals surface area (Å²) in [4.78, 5) is 15.3. The minimum atomic E-state index is -0.792. The molecule has 1 heterocycles. The number of hydrogen-bond acceptors (Lipinski definition) is 6. The van der Waals surface area contributed by atoms with Gasteiger partial charge in [-0.3, -0.25) is 15.5 Å². The zero-order valence-electron chi connectivity index (χ0n) is 11.2. The molecule has 2 aromatic rings. The van der Waals surface area contributed by atoms with Gasteiger partial charge in [0.2, 0.25) is 5.91 Å². The van der Waals surface area contributed by atoms with Crippen LogP contribution in [-0.2, 0) is 4.79 Å². The van der Waals surface area contributed by atoms with E-state index in [1.54, 1.807) is 0 Å². The van der Waals surface area contributed by atoms with Gasteiger partial charge in [-0.05, 0) is 46.2 Å². The van der Waals surface area contributed by atoms with Gasteiger partial charge in [-0.15, -0.1) is 0 Å². The Hall–Kier alpha value is -2.33. The first-order valence-electron chi connectivity index (χ1n) is 6.00. The fourth-order valence-electron chi connectivity index (χ4n) is 1.59. The third-order valence-corrected chi connectivity index (χ3v) is 3.43. The maximum absolute atomic E-state index is 13.2. The molecule has 1 aromatic heterocycles. The van der Waals surface area contributed by atoms with Gasteiger partial charge in [-0.2, -0.15) is 0 Å². The second kappa shape index (κ2) is 6.62. The zero-order valence-corrected chi connectivity index (χ0v) is 12.8. The van der Waals surface area contributed by atoms with E-state index in [-0.39, 0.29) is 21.7 Å². The van der Waals surface area contributed by atoms with E-state index in [0.29, 0.717) is 5.69 Å². The maximum Gasteiger partial charge on any atom is 0.226 e. The quantitative estimate of drug-likeness (QED) is 0.425. The van der Waals surface area contributed by atoms with Crippen LogP contribution in [0, 0.1) is 5.82 Å². The molecule has 1 amide bonds. The van der Waals surface area contributed by atoms with Crippen LogP contribution in [0.5, 0.6) is 0 Å². The molecule has 0 bridgehead atoms. The highest BCUT2D eigenvalue weighted by Crippen LogP contribution is 2.23. The SMILES string of the molecule is CC(C(N)=O)c1nonc1C(=Nc1ccc(F)c(Br)c1)NO. The first-order valence-corrected chi connectivity index (χ1v) is 6.79. The molecule has 0 fully saturated rings. The molecule has 8 nitrogen and oxygen atoms in total. The number of rotatable bonds is 4. The number of aromatic nitrogens is 2. The smallest absolute Gasteiger partial charge is 0.226 e. The van der Waals surface area contributed by atoms with Crippen LogP contribution in [0.3, 0.4) is 0 Å². The maximum atomic E-state index is 13.2. The Morgan fingerprint density at radius 2 is 2.27 bits per heavy atom. The van der Waals surface area contributed by atoms with Gasteiger partial charge in [0.25, 0.3) is 0 Å². The van der Waals surface area contributed by atoms with Gasteiger partial charge in [0.05, 0.1) is 16.1 Å². The molecule has 0 spiro atoms. The number of amidine groups is 1. The lowest BCUT2D eigenvalue weighted by atomic mass is 10.1. The van der Waals surface area contributed by atoms with Crippen molar-refractivity contribution in [2.75, 3.05) is 0 Å². The minimum absolute atomic E-state index is 0.0225. The molecule has 1 aromatic carbocycles. The number of carbonyl (C=O) groups excluding carboxylic acids is 1. The van der Waals surface area contributed by atoms with Crippen LogP contribution >= 0.6 is 15.9 Å². The lowest BCUT2D eigenvalue weighted by Crippen LogP contribution is -2.25. The fraction of sp³-hybridized carbons (Fsp3) is 0.167. The highest BCUT2D eigenvalue weighted by Gasteiger charge is 2.24. The number of hydroxylamine groups is 1. The zero-order chi connectivity index (χ0) is 16.3. The van der Waals surface area contributed by atoms with Crippen molar-refractivity contribution in [2.45, 2.75) is 12.8 Å². The standard InChI is InChI=1S/C12H11BrFN5O3/c1-5(11(15)20)9-10(19-22-18-9)12(17-21)16-6-2-3-8(14)7(13)4-6/h2-5,21H,1H3,(H2,15,20)(H,16,17). The molecule has 4 N–H and O–H groups in total. The van der Waals surface area contributed by atoms with E-state index >= 15 is 0 Å². The molecule has 1 unspecified atom stereocenters. The van der Waals surface area contributed by atoms with Crippen LogP contribution in [-0.4, -0.2) is 27.3 Å².